The number of fused-ring (bicyclic) bond motifs is 1. The van der Waals surface area contributed by atoms with Crippen molar-refractivity contribution >= 4 is 16.7 Å². The van der Waals surface area contributed by atoms with Gasteiger partial charge >= 0.3 is 5.97 Å². The summed E-state index contributed by atoms with van der Waals surface area (Å²) in [6, 6.07) is 15.7. The Bertz CT molecular complexity index is 1030. The summed E-state index contributed by atoms with van der Waals surface area (Å²) in [5.74, 6) is -0.595. The van der Waals surface area contributed by atoms with Crippen LogP contribution in [0.1, 0.15) is 28.5 Å². The fourth-order valence-corrected chi connectivity index (χ4v) is 2.49. The summed E-state index contributed by atoms with van der Waals surface area (Å²) in [5.41, 5.74) is 1.19. The van der Waals surface area contributed by atoms with Crippen LogP contribution in [0.4, 0.5) is 0 Å². The van der Waals surface area contributed by atoms with Gasteiger partial charge in [-0.1, -0.05) is 30.3 Å². The van der Waals surface area contributed by atoms with Crippen LogP contribution in [0.3, 0.4) is 0 Å². The van der Waals surface area contributed by atoms with Crippen LogP contribution in [0.5, 0.6) is 0 Å². The fraction of sp³-hybridized carbons (Fsp3) is 0.158. The number of nitrogens with zero attached hydrogens (tertiary/aromatic N) is 3. The highest BCUT2D eigenvalue weighted by Gasteiger charge is 2.17. The Labute approximate surface area is 143 Å². The molecule has 0 saturated heterocycles. The molecule has 0 radical (unpaired) electrons. The Morgan fingerprint density at radius 3 is 2.48 bits per heavy atom. The lowest BCUT2D eigenvalue weighted by atomic mass is 10.1. The van der Waals surface area contributed by atoms with Gasteiger partial charge in [0.05, 0.1) is 17.0 Å². The zero-order chi connectivity index (χ0) is 17.8. The molecular formula is C19H15N3O3. The highest BCUT2D eigenvalue weighted by Crippen LogP contribution is 2.15. The largest absolute Gasteiger partial charge is 0.456 e. The van der Waals surface area contributed by atoms with Crippen molar-refractivity contribution in [3.05, 3.63) is 75.7 Å². The first-order valence-electron chi connectivity index (χ1n) is 7.80. The van der Waals surface area contributed by atoms with E-state index in [1.807, 2.05) is 6.07 Å². The van der Waals surface area contributed by atoms with E-state index in [1.54, 1.807) is 55.5 Å². The van der Waals surface area contributed by atoms with Gasteiger partial charge in [-0.2, -0.15) is 10.4 Å². The number of nitriles is 1. The van der Waals surface area contributed by atoms with E-state index in [4.69, 9.17) is 10.00 Å². The van der Waals surface area contributed by atoms with E-state index in [0.717, 1.165) is 5.56 Å². The molecule has 25 heavy (non-hydrogen) atoms. The first-order valence-corrected chi connectivity index (χ1v) is 7.80. The number of carbonyl (C=O) groups excluding carboxylic acids is 1. The lowest BCUT2D eigenvalue weighted by Crippen LogP contribution is -2.25. The van der Waals surface area contributed by atoms with Gasteiger partial charge in [0, 0.05) is 11.9 Å². The number of hydrogen-bond donors (Lipinski definition) is 0. The first kappa shape index (κ1) is 16.4. The number of aryl methyl sites for hydroxylation is 1. The minimum atomic E-state index is -0.595. The number of carbonyl (C=O) groups is 1. The molecule has 6 nitrogen and oxygen atoms in total. The molecule has 0 aliphatic rings. The summed E-state index contributed by atoms with van der Waals surface area (Å²) < 4.78 is 6.59. The Morgan fingerprint density at radius 1 is 1.16 bits per heavy atom. The third-order valence-corrected chi connectivity index (χ3v) is 3.81. The topological polar surface area (TPSA) is 85.0 Å². The molecule has 0 amide bonds. The van der Waals surface area contributed by atoms with Crippen molar-refractivity contribution < 1.29 is 9.53 Å². The molecule has 0 unspecified atom stereocenters. The Kier molecular flexibility index (Phi) is 4.57. The van der Waals surface area contributed by atoms with Crippen molar-refractivity contribution in [3.8, 4) is 6.07 Å². The second-order valence-electron chi connectivity index (χ2n) is 5.40. The maximum Gasteiger partial charge on any atom is 0.359 e. The van der Waals surface area contributed by atoms with E-state index in [-0.39, 0.29) is 17.9 Å². The summed E-state index contributed by atoms with van der Waals surface area (Å²) in [7, 11) is 0. The predicted octanol–water partition coefficient (Wildman–Crippen LogP) is 2.65. The summed E-state index contributed by atoms with van der Waals surface area (Å²) in [6.45, 7) is 2.21. The highest BCUT2D eigenvalue weighted by atomic mass is 16.5. The molecular weight excluding hydrogens is 318 g/mol. The average Bonchev–Trinajstić information content (AvgIpc) is 2.67. The maximum absolute atomic E-state index is 12.5. The van der Waals surface area contributed by atoms with Crippen molar-refractivity contribution in [2.75, 3.05) is 0 Å². The van der Waals surface area contributed by atoms with E-state index < -0.39 is 5.97 Å². The second kappa shape index (κ2) is 6.97. The summed E-state index contributed by atoms with van der Waals surface area (Å²) >= 11 is 0. The van der Waals surface area contributed by atoms with Crippen LogP contribution in [0.25, 0.3) is 10.8 Å². The average molecular weight is 333 g/mol. The fourth-order valence-electron chi connectivity index (χ4n) is 2.49. The molecule has 0 fully saturated rings. The molecule has 3 aromatic rings. The van der Waals surface area contributed by atoms with Gasteiger partial charge in [0.1, 0.15) is 6.61 Å². The van der Waals surface area contributed by atoms with Crippen LogP contribution in [0.2, 0.25) is 0 Å². The highest BCUT2D eigenvalue weighted by molar-refractivity contribution is 6.02. The van der Waals surface area contributed by atoms with Crippen molar-refractivity contribution in [2.24, 2.45) is 0 Å². The molecule has 0 atom stereocenters. The molecule has 1 heterocycles. The van der Waals surface area contributed by atoms with Crippen molar-refractivity contribution in [1.82, 2.24) is 9.78 Å². The van der Waals surface area contributed by atoms with Crippen molar-refractivity contribution in [2.45, 2.75) is 20.1 Å². The lowest BCUT2D eigenvalue weighted by Gasteiger charge is -2.09. The van der Waals surface area contributed by atoms with Crippen molar-refractivity contribution in [1.29, 1.82) is 5.26 Å². The number of ether oxygens (including phenoxy) is 1. The summed E-state index contributed by atoms with van der Waals surface area (Å²) in [5, 5.41) is 13.9. The van der Waals surface area contributed by atoms with Gasteiger partial charge in [-0.3, -0.25) is 4.79 Å². The molecule has 0 aliphatic carbocycles. The van der Waals surface area contributed by atoms with E-state index in [9.17, 15) is 9.59 Å². The normalized spacial score (nSPS) is 10.4. The van der Waals surface area contributed by atoms with Crippen LogP contribution >= 0.6 is 0 Å². The van der Waals surface area contributed by atoms with Gasteiger partial charge in [-0.25, -0.2) is 9.48 Å². The molecule has 1 aromatic heterocycles. The summed E-state index contributed by atoms with van der Waals surface area (Å²) in [6.07, 6.45) is 0. The molecule has 0 bridgehead atoms. The number of esters is 1. The van der Waals surface area contributed by atoms with Gasteiger partial charge in [-0.05, 0) is 30.7 Å². The predicted molar refractivity (Wildman–Crippen MR) is 92.0 cm³/mol. The number of hydrogen-bond acceptors (Lipinski definition) is 5. The van der Waals surface area contributed by atoms with Crippen molar-refractivity contribution in [3.63, 3.8) is 0 Å². The molecule has 124 valence electrons. The molecule has 0 spiro atoms. The third kappa shape index (κ3) is 3.26. The second-order valence-corrected chi connectivity index (χ2v) is 5.40. The number of aromatic nitrogens is 2. The van der Waals surface area contributed by atoms with E-state index in [2.05, 4.69) is 5.10 Å². The van der Waals surface area contributed by atoms with Gasteiger partial charge in [-0.15, -0.1) is 0 Å². The minimum absolute atomic E-state index is 0.0613. The van der Waals surface area contributed by atoms with Crippen LogP contribution in [-0.2, 0) is 17.9 Å². The van der Waals surface area contributed by atoms with Gasteiger partial charge in [0.25, 0.3) is 5.56 Å². The zero-order valence-electron chi connectivity index (χ0n) is 13.6. The third-order valence-electron chi connectivity index (χ3n) is 3.81. The van der Waals surface area contributed by atoms with Gasteiger partial charge in [0.2, 0.25) is 0 Å². The molecule has 0 N–H and O–H groups in total. The summed E-state index contributed by atoms with van der Waals surface area (Å²) in [4.78, 5) is 24.8. The van der Waals surface area contributed by atoms with E-state index >= 15 is 0 Å². The first-order chi connectivity index (χ1) is 12.1. The van der Waals surface area contributed by atoms with Gasteiger partial charge in [0.15, 0.2) is 5.69 Å². The monoisotopic (exact) mass is 333 g/mol. The van der Waals surface area contributed by atoms with Crippen LogP contribution in [-0.4, -0.2) is 15.7 Å². The van der Waals surface area contributed by atoms with Crippen LogP contribution in [0, 0.1) is 11.3 Å². The number of rotatable bonds is 4. The molecule has 0 saturated carbocycles. The van der Waals surface area contributed by atoms with E-state index in [0.29, 0.717) is 22.9 Å². The lowest BCUT2D eigenvalue weighted by molar-refractivity contribution is 0.0465. The Morgan fingerprint density at radius 2 is 1.84 bits per heavy atom. The van der Waals surface area contributed by atoms with Crippen LogP contribution in [0.15, 0.2) is 53.3 Å². The zero-order valence-corrected chi connectivity index (χ0v) is 13.6. The SMILES string of the molecule is CCn1nc(C(=O)OCc2ccc(C#N)cc2)c2ccccc2c1=O. The molecule has 6 heteroatoms. The molecule has 3 rings (SSSR count). The van der Waals surface area contributed by atoms with Gasteiger partial charge < -0.3 is 4.74 Å². The Hall–Kier alpha value is -3.46. The molecule has 2 aromatic carbocycles. The van der Waals surface area contributed by atoms with E-state index in [1.165, 1.54) is 4.68 Å². The minimum Gasteiger partial charge on any atom is -0.456 e. The number of benzene rings is 2. The van der Waals surface area contributed by atoms with Crippen LogP contribution < -0.4 is 5.56 Å². The standard InChI is InChI=1S/C19H15N3O3/c1-2-22-18(23)16-6-4-3-5-15(16)17(21-22)19(24)25-12-14-9-7-13(11-20)8-10-14/h3-10H,2,12H2,1H3. The Balaban J connectivity index is 1.90. The smallest absolute Gasteiger partial charge is 0.359 e. The maximum atomic E-state index is 12.5. The quantitative estimate of drug-likeness (QED) is 0.685. The molecule has 0 aliphatic heterocycles.